The van der Waals surface area contributed by atoms with Gasteiger partial charge in [-0.1, -0.05) is 15.9 Å². The summed E-state index contributed by atoms with van der Waals surface area (Å²) in [6.45, 7) is 0.142. The molecule has 0 spiro atoms. The Bertz CT molecular complexity index is 522. The normalized spacial score (nSPS) is 10.2. The van der Waals surface area contributed by atoms with Crippen LogP contribution in [0.1, 0.15) is 16.2 Å². The third kappa shape index (κ3) is 2.85. The molecule has 0 amide bonds. The first kappa shape index (κ1) is 11.7. The van der Waals surface area contributed by atoms with E-state index in [2.05, 4.69) is 25.9 Å². The molecule has 0 aliphatic carbocycles. The molecule has 0 saturated heterocycles. The zero-order valence-corrected chi connectivity index (χ0v) is 10.3. The first-order valence-corrected chi connectivity index (χ1v) is 5.60. The fourth-order valence-corrected chi connectivity index (χ4v) is 1.57. The number of imidazole rings is 1. The van der Waals surface area contributed by atoms with Gasteiger partial charge in [-0.25, -0.2) is 9.78 Å². The summed E-state index contributed by atoms with van der Waals surface area (Å²) in [4.78, 5) is 17.2. The number of ether oxygens (including phenoxy) is 1. The molecule has 0 saturated carbocycles. The first-order valence-electron chi connectivity index (χ1n) is 4.80. The minimum absolute atomic E-state index is 0.0119. The molecule has 0 radical (unpaired) electrons. The Morgan fingerprint density at radius 2 is 2.12 bits per heavy atom. The highest BCUT2D eigenvalue weighted by Crippen LogP contribution is 2.17. The number of halogens is 1. The van der Waals surface area contributed by atoms with E-state index in [0.717, 1.165) is 4.47 Å². The average molecular weight is 297 g/mol. The second-order valence-corrected chi connectivity index (χ2v) is 4.19. The number of carbonyl (C=O) groups is 1. The van der Waals surface area contributed by atoms with Crippen LogP contribution in [0.5, 0.6) is 5.75 Å². The fourth-order valence-electron chi connectivity index (χ4n) is 1.30. The smallest absolute Gasteiger partial charge is 0.356 e. The molecule has 0 fully saturated rings. The van der Waals surface area contributed by atoms with E-state index >= 15 is 0 Å². The molecule has 2 rings (SSSR count). The molecule has 1 aromatic heterocycles. The Hall–Kier alpha value is -1.82. The van der Waals surface area contributed by atoms with E-state index in [1.54, 1.807) is 12.1 Å². The van der Waals surface area contributed by atoms with E-state index in [1.807, 2.05) is 12.1 Å². The Kier molecular flexibility index (Phi) is 3.43. The standard InChI is InChI=1S/C11H9BrN2O3/c12-7-1-3-8(4-2-7)17-5-9-10(11(15)16)14-6-13-9/h1-4,6H,5H2,(H,13,14)(H,15,16). The molecule has 17 heavy (non-hydrogen) atoms. The maximum absolute atomic E-state index is 10.8. The monoisotopic (exact) mass is 296 g/mol. The van der Waals surface area contributed by atoms with Gasteiger partial charge < -0.3 is 14.8 Å². The third-order valence-corrected chi connectivity index (χ3v) is 2.65. The molecule has 6 heteroatoms. The number of aromatic nitrogens is 2. The van der Waals surface area contributed by atoms with Crippen LogP contribution in [0.25, 0.3) is 0 Å². The van der Waals surface area contributed by atoms with Gasteiger partial charge in [0.25, 0.3) is 0 Å². The fraction of sp³-hybridized carbons (Fsp3) is 0.0909. The first-order chi connectivity index (χ1) is 8.16. The van der Waals surface area contributed by atoms with Gasteiger partial charge in [-0.15, -0.1) is 0 Å². The SMILES string of the molecule is O=C(O)c1nc[nH]c1COc1ccc(Br)cc1. The molecule has 0 bridgehead atoms. The second kappa shape index (κ2) is 5.01. The zero-order chi connectivity index (χ0) is 12.3. The van der Waals surface area contributed by atoms with E-state index in [0.29, 0.717) is 11.4 Å². The van der Waals surface area contributed by atoms with Gasteiger partial charge in [-0.3, -0.25) is 0 Å². The van der Waals surface area contributed by atoms with Crippen molar-refractivity contribution < 1.29 is 14.6 Å². The number of carboxylic acid groups (broad SMARTS) is 1. The minimum atomic E-state index is -1.07. The van der Waals surface area contributed by atoms with Crippen molar-refractivity contribution in [1.29, 1.82) is 0 Å². The lowest BCUT2D eigenvalue weighted by molar-refractivity contribution is 0.0688. The van der Waals surface area contributed by atoms with Gasteiger partial charge in [0, 0.05) is 4.47 Å². The Morgan fingerprint density at radius 1 is 1.41 bits per heavy atom. The third-order valence-electron chi connectivity index (χ3n) is 2.12. The van der Waals surface area contributed by atoms with Crippen molar-refractivity contribution in [2.24, 2.45) is 0 Å². The van der Waals surface area contributed by atoms with Gasteiger partial charge >= 0.3 is 5.97 Å². The summed E-state index contributed by atoms with van der Waals surface area (Å²) in [6.07, 6.45) is 1.34. The number of nitrogens with one attached hydrogen (secondary N) is 1. The van der Waals surface area contributed by atoms with Gasteiger partial charge in [-0.05, 0) is 24.3 Å². The van der Waals surface area contributed by atoms with Crippen molar-refractivity contribution in [3.63, 3.8) is 0 Å². The van der Waals surface area contributed by atoms with Crippen molar-refractivity contribution in [2.45, 2.75) is 6.61 Å². The minimum Gasteiger partial charge on any atom is -0.487 e. The zero-order valence-electron chi connectivity index (χ0n) is 8.68. The predicted octanol–water partition coefficient (Wildman–Crippen LogP) is 2.45. The molecule has 0 unspecified atom stereocenters. The van der Waals surface area contributed by atoms with Crippen molar-refractivity contribution in [3.8, 4) is 5.75 Å². The molecule has 1 aromatic carbocycles. The number of hydrogen-bond acceptors (Lipinski definition) is 3. The number of aromatic amines is 1. The average Bonchev–Trinajstić information content (AvgIpc) is 2.76. The quantitative estimate of drug-likeness (QED) is 0.909. The lowest BCUT2D eigenvalue weighted by Crippen LogP contribution is -2.05. The van der Waals surface area contributed by atoms with Crippen LogP contribution in [0.3, 0.4) is 0 Å². The number of H-pyrrole nitrogens is 1. The van der Waals surface area contributed by atoms with E-state index in [4.69, 9.17) is 9.84 Å². The van der Waals surface area contributed by atoms with E-state index < -0.39 is 5.97 Å². The van der Waals surface area contributed by atoms with Crippen LogP contribution in [0.4, 0.5) is 0 Å². The highest BCUT2D eigenvalue weighted by Gasteiger charge is 2.13. The number of nitrogens with zero attached hydrogens (tertiary/aromatic N) is 1. The molecule has 0 aliphatic rings. The number of carboxylic acids is 1. The summed E-state index contributed by atoms with van der Waals surface area (Å²) in [5.41, 5.74) is 0.433. The number of benzene rings is 1. The number of rotatable bonds is 4. The highest BCUT2D eigenvalue weighted by atomic mass is 79.9. The Balaban J connectivity index is 2.05. The second-order valence-electron chi connectivity index (χ2n) is 3.28. The molecular formula is C11H9BrN2O3. The number of hydrogen-bond donors (Lipinski definition) is 2. The topological polar surface area (TPSA) is 75.2 Å². The maximum Gasteiger partial charge on any atom is 0.356 e. The highest BCUT2D eigenvalue weighted by molar-refractivity contribution is 9.10. The molecule has 2 aromatic rings. The van der Waals surface area contributed by atoms with Crippen molar-refractivity contribution >= 4 is 21.9 Å². The van der Waals surface area contributed by atoms with Gasteiger partial charge in [0.1, 0.15) is 12.4 Å². The Morgan fingerprint density at radius 3 is 2.76 bits per heavy atom. The number of aromatic carboxylic acids is 1. The molecule has 0 atom stereocenters. The molecule has 88 valence electrons. The predicted molar refractivity (Wildman–Crippen MR) is 64.0 cm³/mol. The lowest BCUT2D eigenvalue weighted by Gasteiger charge is -2.05. The van der Waals surface area contributed by atoms with Gasteiger partial charge in [-0.2, -0.15) is 0 Å². The van der Waals surface area contributed by atoms with Crippen LogP contribution in [0.2, 0.25) is 0 Å². The summed E-state index contributed by atoms with van der Waals surface area (Å²) in [5, 5.41) is 8.84. The lowest BCUT2D eigenvalue weighted by atomic mass is 10.3. The summed E-state index contributed by atoms with van der Waals surface area (Å²) >= 11 is 3.32. The van der Waals surface area contributed by atoms with Gasteiger partial charge in [0.15, 0.2) is 5.69 Å². The van der Waals surface area contributed by atoms with Gasteiger partial charge in [0.05, 0.1) is 12.0 Å². The van der Waals surface area contributed by atoms with Crippen LogP contribution in [-0.2, 0) is 6.61 Å². The van der Waals surface area contributed by atoms with Crippen LogP contribution in [0, 0.1) is 0 Å². The van der Waals surface area contributed by atoms with Crippen LogP contribution in [0.15, 0.2) is 35.1 Å². The van der Waals surface area contributed by atoms with E-state index in [9.17, 15) is 4.79 Å². The van der Waals surface area contributed by atoms with Crippen LogP contribution < -0.4 is 4.74 Å². The van der Waals surface area contributed by atoms with Crippen molar-refractivity contribution in [1.82, 2.24) is 9.97 Å². The summed E-state index contributed by atoms with van der Waals surface area (Å²) in [5.74, 6) is -0.403. The summed E-state index contributed by atoms with van der Waals surface area (Å²) < 4.78 is 6.40. The van der Waals surface area contributed by atoms with E-state index in [1.165, 1.54) is 6.33 Å². The van der Waals surface area contributed by atoms with Crippen molar-refractivity contribution in [3.05, 3.63) is 46.5 Å². The Labute approximate surface area is 106 Å². The molecule has 0 aliphatic heterocycles. The summed E-state index contributed by atoms with van der Waals surface area (Å²) in [6, 6.07) is 7.28. The summed E-state index contributed by atoms with van der Waals surface area (Å²) in [7, 11) is 0. The van der Waals surface area contributed by atoms with Crippen LogP contribution in [-0.4, -0.2) is 21.0 Å². The van der Waals surface area contributed by atoms with Crippen LogP contribution >= 0.6 is 15.9 Å². The maximum atomic E-state index is 10.8. The molecular weight excluding hydrogens is 288 g/mol. The van der Waals surface area contributed by atoms with Gasteiger partial charge in [0.2, 0.25) is 0 Å². The molecule has 1 heterocycles. The van der Waals surface area contributed by atoms with E-state index in [-0.39, 0.29) is 12.3 Å². The molecule has 5 nitrogen and oxygen atoms in total. The largest absolute Gasteiger partial charge is 0.487 e. The van der Waals surface area contributed by atoms with Crippen molar-refractivity contribution in [2.75, 3.05) is 0 Å². The molecule has 2 N–H and O–H groups in total.